The molecule has 0 saturated carbocycles. The van der Waals surface area contributed by atoms with Crippen LogP contribution in [0.25, 0.3) is 0 Å². The number of ether oxygens (including phenoxy) is 1. The lowest BCUT2D eigenvalue weighted by atomic mass is 10.1. The summed E-state index contributed by atoms with van der Waals surface area (Å²) < 4.78 is 6.62. The minimum absolute atomic E-state index is 0. The SMILES string of the molecule is CCCCC[N+](CCCCC)(CCCCC)CC(C)OC(C)=O.[Cl-]. The molecule has 0 fully saturated rings. The van der Waals surface area contributed by atoms with Crippen LogP contribution in [0.3, 0.4) is 0 Å². The highest BCUT2D eigenvalue weighted by Crippen LogP contribution is 2.18. The Balaban J connectivity index is 0. The molecule has 0 aliphatic rings. The molecule has 1 atom stereocenters. The molecule has 0 aromatic carbocycles. The summed E-state index contributed by atoms with van der Waals surface area (Å²) in [7, 11) is 0. The maximum absolute atomic E-state index is 11.3. The molecule has 0 aromatic heterocycles. The molecular weight excluding hydrogens is 322 g/mol. The molecule has 0 heterocycles. The van der Waals surface area contributed by atoms with Crippen molar-refractivity contribution in [2.45, 2.75) is 98.5 Å². The molecule has 0 aliphatic carbocycles. The van der Waals surface area contributed by atoms with Gasteiger partial charge in [-0.05, 0) is 45.4 Å². The van der Waals surface area contributed by atoms with Crippen molar-refractivity contribution in [2.24, 2.45) is 0 Å². The molecule has 146 valence electrons. The fraction of sp³-hybridized carbons (Fsp3) is 0.950. The Morgan fingerprint density at radius 2 is 1.21 bits per heavy atom. The summed E-state index contributed by atoms with van der Waals surface area (Å²) in [5.74, 6) is -0.147. The summed E-state index contributed by atoms with van der Waals surface area (Å²) in [6.45, 7) is 15.1. The highest BCUT2D eigenvalue weighted by Gasteiger charge is 2.29. The van der Waals surface area contributed by atoms with Crippen molar-refractivity contribution in [3.8, 4) is 0 Å². The molecule has 0 saturated heterocycles. The van der Waals surface area contributed by atoms with Gasteiger partial charge in [0.2, 0.25) is 0 Å². The van der Waals surface area contributed by atoms with Crippen LogP contribution in [-0.4, -0.2) is 42.7 Å². The van der Waals surface area contributed by atoms with Gasteiger partial charge in [0.15, 0.2) is 0 Å². The topological polar surface area (TPSA) is 26.3 Å². The Hall–Kier alpha value is -0.280. The molecule has 1 unspecified atom stereocenters. The predicted molar refractivity (Wildman–Crippen MR) is 99.5 cm³/mol. The van der Waals surface area contributed by atoms with Gasteiger partial charge in [-0.1, -0.05) is 40.0 Å². The van der Waals surface area contributed by atoms with Crippen molar-refractivity contribution < 1.29 is 26.4 Å². The highest BCUT2D eigenvalue weighted by atomic mass is 35.5. The number of hydrogen-bond acceptors (Lipinski definition) is 2. The number of nitrogens with zero attached hydrogens (tertiary/aromatic N) is 1. The molecule has 3 nitrogen and oxygen atoms in total. The van der Waals surface area contributed by atoms with E-state index < -0.39 is 0 Å². The number of quaternary nitrogens is 1. The van der Waals surface area contributed by atoms with Gasteiger partial charge in [0.1, 0.15) is 12.6 Å². The highest BCUT2D eigenvalue weighted by molar-refractivity contribution is 5.66. The lowest BCUT2D eigenvalue weighted by Gasteiger charge is -2.41. The maximum atomic E-state index is 11.3. The minimum atomic E-state index is -0.147. The third kappa shape index (κ3) is 13.1. The van der Waals surface area contributed by atoms with E-state index in [0.717, 1.165) is 11.0 Å². The second-order valence-electron chi connectivity index (χ2n) is 7.24. The van der Waals surface area contributed by atoms with E-state index in [-0.39, 0.29) is 24.5 Å². The van der Waals surface area contributed by atoms with Crippen LogP contribution >= 0.6 is 0 Å². The number of esters is 1. The van der Waals surface area contributed by atoms with Crippen LogP contribution in [0, 0.1) is 0 Å². The minimum Gasteiger partial charge on any atom is -1.00 e. The third-order valence-electron chi connectivity index (χ3n) is 4.72. The van der Waals surface area contributed by atoms with E-state index in [2.05, 4.69) is 27.7 Å². The molecule has 24 heavy (non-hydrogen) atoms. The average Bonchev–Trinajstić information content (AvgIpc) is 2.47. The quantitative estimate of drug-likeness (QED) is 0.253. The zero-order valence-electron chi connectivity index (χ0n) is 16.9. The smallest absolute Gasteiger partial charge is 0.303 e. The molecule has 0 bridgehead atoms. The summed E-state index contributed by atoms with van der Waals surface area (Å²) in [5.41, 5.74) is 0. The first-order valence-electron chi connectivity index (χ1n) is 10.0. The normalized spacial score (nSPS) is 12.5. The van der Waals surface area contributed by atoms with E-state index in [9.17, 15) is 4.79 Å². The number of carbonyl (C=O) groups is 1. The molecular formula is C20H42ClNO2. The number of rotatable bonds is 15. The number of hydrogen-bond donors (Lipinski definition) is 0. The molecule has 0 N–H and O–H groups in total. The van der Waals surface area contributed by atoms with E-state index in [4.69, 9.17) is 4.74 Å². The van der Waals surface area contributed by atoms with Gasteiger partial charge >= 0.3 is 5.97 Å². The molecule has 0 spiro atoms. The van der Waals surface area contributed by atoms with Crippen molar-refractivity contribution in [2.75, 3.05) is 26.2 Å². The molecule has 0 aromatic rings. The lowest BCUT2D eigenvalue weighted by Crippen LogP contribution is -3.00. The summed E-state index contributed by atoms with van der Waals surface area (Å²) >= 11 is 0. The first kappa shape index (κ1) is 26.0. The summed E-state index contributed by atoms with van der Waals surface area (Å²) in [5, 5.41) is 0. The Bertz CT molecular complexity index is 271. The predicted octanol–water partition coefficient (Wildman–Crippen LogP) is 2.33. The fourth-order valence-electron chi connectivity index (χ4n) is 3.57. The van der Waals surface area contributed by atoms with Crippen molar-refractivity contribution in [3.63, 3.8) is 0 Å². The Morgan fingerprint density at radius 3 is 1.50 bits per heavy atom. The summed E-state index contributed by atoms with van der Waals surface area (Å²) in [6, 6.07) is 0. The molecule has 0 amide bonds. The van der Waals surface area contributed by atoms with Crippen molar-refractivity contribution >= 4 is 5.97 Å². The number of halogens is 1. The van der Waals surface area contributed by atoms with Crippen LogP contribution in [0.1, 0.15) is 92.4 Å². The lowest BCUT2D eigenvalue weighted by molar-refractivity contribution is -0.931. The Kier molecular flexibility index (Phi) is 17.5. The molecule has 4 heteroatoms. The molecule has 0 rings (SSSR count). The zero-order chi connectivity index (χ0) is 17.6. The molecule has 0 aliphatic heterocycles. The fourth-order valence-corrected chi connectivity index (χ4v) is 3.57. The van der Waals surface area contributed by atoms with Gasteiger partial charge in [-0.2, -0.15) is 0 Å². The van der Waals surface area contributed by atoms with E-state index in [1.165, 1.54) is 84.3 Å². The van der Waals surface area contributed by atoms with Crippen LogP contribution in [-0.2, 0) is 9.53 Å². The zero-order valence-corrected chi connectivity index (χ0v) is 17.7. The van der Waals surface area contributed by atoms with Crippen molar-refractivity contribution in [1.82, 2.24) is 0 Å². The first-order chi connectivity index (χ1) is 11.0. The van der Waals surface area contributed by atoms with Crippen LogP contribution < -0.4 is 12.4 Å². The van der Waals surface area contributed by atoms with E-state index in [1.54, 1.807) is 0 Å². The Labute approximate surface area is 157 Å². The number of carbonyl (C=O) groups excluding carboxylic acids is 1. The van der Waals surface area contributed by atoms with Crippen LogP contribution in [0.4, 0.5) is 0 Å². The van der Waals surface area contributed by atoms with Crippen LogP contribution in [0.2, 0.25) is 0 Å². The van der Waals surface area contributed by atoms with Gasteiger partial charge in [0.25, 0.3) is 0 Å². The van der Waals surface area contributed by atoms with Gasteiger partial charge < -0.3 is 21.6 Å². The summed E-state index contributed by atoms with van der Waals surface area (Å²) in [4.78, 5) is 11.3. The van der Waals surface area contributed by atoms with Gasteiger partial charge in [-0.25, -0.2) is 0 Å². The van der Waals surface area contributed by atoms with Crippen LogP contribution in [0.15, 0.2) is 0 Å². The largest absolute Gasteiger partial charge is 1.00 e. The maximum Gasteiger partial charge on any atom is 0.303 e. The second-order valence-corrected chi connectivity index (χ2v) is 7.24. The van der Waals surface area contributed by atoms with E-state index >= 15 is 0 Å². The third-order valence-corrected chi connectivity index (χ3v) is 4.72. The summed E-state index contributed by atoms with van der Waals surface area (Å²) in [6.07, 6.45) is 11.6. The van der Waals surface area contributed by atoms with Gasteiger partial charge in [-0.15, -0.1) is 0 Å². The van der Waals surface area contributed by atoms with E-state index in [1.807, 2.05) is 0 Å². The second kappa shape index (κ2) is 16.2. The van der Waals surface area contributed by atoms with E-state index in [0.29, 0.717) is 0 Å². The van der Waals surface area contributed by atoms with Crippen LogP contribution in [0.5, 0.6) is 0 Å². The van der Waals surface area contributed by atoms with Gasteiger partial charge in [0.05, 0.1) is 19.6 Å². The van der Waals surface area contributed by atoms with Crippen molar-refractivity contribution in [3.05, 3.63) is 0 Å². The van der Waals surface area contributed by atoms with Gasteiger partial charge in [-0.3, -0.25) is 4.79 Å². The monoisotopic (exact) mass is 363 g/mol. The first-order valence-corrected chi connectivity index (χ1v) is 10.0. The Morgan fingerprint density at radius 1 is 0.833 bits per heavy atom. The molecule has 0 radical (unpaired) electrons. The average molecular weight is 364 g/mol. The number of unbranched alkanes of at least 4 members (excludes halogenated alkanes) is 6. The standard InChI is InChI=1S/C20H42NO2.ClH/c1-6-9-12-15-21(16-13-10-7-2,17-14-11-8-3)18-19(4)23-20(5)22;/h19H,6-18H2,1-5H3;1H/q+1;/p-1. The van der Waals surface area contributed by atoms with Crippen molar-refractivity contribution in [1.29, 1.82) is 0 Å². The van der Waals surface area contributed by atoms with Gasteiger partial charge in [0, 0.05) is 6.92 Å².